The summed E-state index contributed by atoms with van der Waals surface area (Å²) >= 11 is 2.49. The SMILES string of the molecule is Cc1ccc(Cn2c(SCC(=O)C(C#N)c3nc(C)cs3)nc3ccccc3c2=O)cc1. The van der Waals surface area contributed by atoms with Crippen LogP contribution in [0.1, 0.15) is 27.7 Å². The van der Waals surface area contributed by atoms with E-state index < -0.39 is 5.92 Å². The maximum absolute atomic E-state index is 13.2. The molecule has 0 saturated heterocycles. The number of fused-ring (bicyclic) bond motifs is 1. The third-order valence-electron chi connectivity index (χ3n) is 4.97. The Morgan fingerprint density at radius 1 is 1.16 bits per heavy atom. The molecule has 0 N–H and O–H groups in total. The predicted octanol–water partition coefficient (Wildman–Crippen LogP) is 4.49. The van der Waals surface area contributed by atoms with Crippen LogP contribution < -0.4 is 5.56 Å². The highest BCUT2D eigenvalue weighted by Gasteiger charge is 2.24. The minimum Gasteiger partial charge on any atom is -0.297 e. The Labute approximate surface area is 193 Å². The predicted molar refractivity (Wildman–Crippen MR) is 127 cm³/mol. The number of nitriles is 1. The normalized spacial score (nSPS) is 11.9. The topological polar surface area (TPSA) is 88.6 Å². The molecule has 8 heteroatoms. The number of rotatable bonds is 7. The number of carbonyl (C=O) groups is 1. The highest BCUT2D eigenvalue weighted by atomic mass is 32.2. The number of aryl methyl sites for hydroxylation is 2. The van der Waals surface area contributed by atoms with Gasteiger partial charge in [-0.1, -0.05) is 53.7 Å². The molecule has 6 nitrogen and oxygen atoms in total. The number of ketones is 1. The average Bonchev–Trinajstić information content (AvgIpc) is 3.22. The van der Waals surface area contributed by atoms with E-state index in [-0.39, 0.29) is 17.1 Å². The quantitative estimate of drug-likeness (QED) is 0.298. The van der Waals surface area contributed by atoms with E-state index in [1.165, 1.54) is 23.1 Å². The van der Waals surface area contributed by atoms with Gasteiger partial charge < -0.3 is 0 Å². The summed E-state index contributed by atoms with van der Waals surface area (Å²) in [6.07, 6.45) is 0. The van der Waals surface area contributed by atoms with Crippen molar-refractivity contribution in [2.24, 2.45) is 0 Å². The Morgan fingerprint density at radius 3 is 2.59 bits per heavy atom. The molecule has 0 aliphatic heterocycles. The number of thioether (sulfide) groups is 1. The van der Waals surface area contributed by atoms with Gasteiger partial charge in [-0.3, -0.25) is 14.2 Å². The van der Waals surface area contributed by atoms with Gasteiger partial charge in [-0.05, 0) is 31.5 Å². The first kappa shape index (κ1) is 21.9. The highest BCUT2D eigenvalue weighted by molar-refractivity contribution is 7.99. The van der Waals surface area contributed by atoms with E-state index in [0.717, 1.165) is 16.8 Å². The third kappa shape index (κ3) is 4.64. The molecule has 0 spiro atoms. The van der Waals surface area contributed by atoms with Gasteiger partial charge in [0.05, 0.1) is 29.3 Å². The molecule has 0 bridgehead atoms. The summed E-state index contributed by atoms with van der Waals surface area (Å²) in [7, 11) is 0. The molecule has 4 rings (SSSR count). The zero-order chi connectivity index (χ0) is 22.7. The van der Waals surface area contributed by atoms with Crippen molar-refractivity contribution in [1.29, 1.82) is 5.26 Å². The maximum Gasteiger partial charge on any atom is 0.262 e. The van der Waals surface area contributed by atoms with Crippen molar-refractivity contribution in [2.75, 3.05) is 5.75 Å². The van der Waals surface area contributed by atoms with E-state index in [4.69, 9.17) is 0 Å². The number of aromatic nitrogens is 3. The number of Topliss-reactive ketones (excluding diaryl/α,β-unsaturated/α-hetero) is 1. The van der Waals surface area contributed by atoms with Gasteiger partial charge in [0, 0.05) is 11.1 Å². The molecule has 160 valence electrons. The molecule has 0 fully saturated rings. The molecule has 4 aromatic rings. The van der Waals surface area contributed by atoms with Gasteiger partial charge in [0.15, 0.2) is 16.9 Å². The fourth-order valence-electron chi connectivity index (χ4n) is 3.26. The number of benzene rings is 2. The Kier molecular flexibility index (Phi) is 6.49. The number of carbonyl (C=O) groups excluding carboxylic acids is 1. The summed E-state index contributed by atoms with van der Waals surface area (Å²) in [6, 6.07) is 17.2. The van der Waals surface area contributed by atoms with E-state index in [9.17, 15) is 14.9 Å². The van der Waals surface area contributed by atoms with Crippen LogP contribution in [0.2, 0.25) is 0 Å². The molecular weight excluding hydrogens is 440 g/mol. The van der Waals surface area contributed by atoms with Crippen molar-refractivity contribution in [3.05, 3.63) is 86.1 Å². The maximum atomic E-state index is 13.2. The van der Waals surface area contributed by atoms with E-state index >= 15 is 0 Å². The lowest BCUT2D eigenvalue weighted by atomic mass is 10.1. The van der Waals surface area contributed by atoms with E-state index in [0.29, 0.717) is 27.6 Å². The first-order valence-electron chi connectivity index (χ1n) is 9.98. The minimum absolute atomic E-state index is 0.0233. The monoisotopic (exact) mass is 460 g/mol. The molecular formula is C24H20N4O2S2. The number of hydrogen-bond donors (Lipinski definition) is 0. The van der Waals surface area contributed by atoms with Crippen LogP contribution >= 0.6 is 23.1 Å². The average molecular weight is 461 g/mol. The van der Waals surface area contributed by atoms with E-state index in [1.807, 2.05) is 55.6 Å². The smallest absolute Gasteiger partial charge is 0.262 e. The Balaban J connectivity index is 1.66. The van der Waals surface area contributed by atoms with Crippen molar-refractivity contribution in [2.45, 2.75) is 31.5 Å². The largest absolute Gasteiger partial charge is 0.297 e. The van der Waals surface area contributed by atoms with Gasteiger partial charge >= 0.3 is 0 Å². The number of nitrogens with zero attached hydrogens (tertiary/aromatic N) is 4. The molecule has 1 unspecified atom stereocenters. The second-order valence-corrected chi connectivity index (χ2v) is 9.26. The first-order valence-corrected chi connectivity index (χ1v) is 11.8. The highest BCUT2D eigenvalue weighted by Crippen LogP contribution is 2.25. The van der Waals surface area contributed by atoms with Crippen molar-refractivity contribution in [1.82, 2.24) is 14.5 Å². The van der Waals surface area contributed by atoms with Crippen molar-refractivity contribution < 1.29 is 4.79 Å². The Hall–Kier alpha value is -3.28. The van der Waals surface area contributed by atoms with Crippen LogP contribution in [0.15, 0.2) is 63.9 Å². The van der Waals surface area contributed by atoms with Crippen molar-refractivity contribution in [3.63, 3.8) is 0 Å². The lowest BCUT2D eigenvalue weighted by Gasteiger charge is -2.14. The molecule has 1 atom stereocenters. The summed E-state index contributed by atoms with van der Waals surface area (Å²) in [5, 5.41) is 12.8. The van der Waals surface area contributed by atoms with Gasteiger partial charge in [-0.2, -0.15) is 5.26 Å². The molecule has 0 aliphatic rings. The summed E-state index contributed by atoms with van der Waals surface area (Å²) < 4.78 is 1.60. The van der Waals surface area contributed by atoms with Crippen LogP contribution in [0.4, 0.5) is 0 Å². The zero-order valence-corrected chi connectivity index (χ0v) is 19.2. The first-order chi connectivity index (χ1) is 15.5. The van der Waals surface area contributed by atoms with Crippen LogP contribution in [0.5, 0.6) is 0 Å². The van der Waals surface area contributed by atoms with Gasteiger partial charge in [-0.25, -0.2) is 9.97 Å². The third-order valence-corrected chi connectivity index (χ3v) is 6.99. The standard InChI is InChI=1S/C24H20N4O2S2/c1-15-7-9-17(10-8-15)12-28-23(30)18-5-3-4-6-20(18)27-24(28)32-14-21(29)19(11-25)22-26-16(2)13-31-22/h3-10,13,19H,12,14H2,1-2H3. The Bertz CT molecular complexity index is 1380. The Morgan fingerprint density at radius 2 is 1.91 bits per heavy atom. The summed E-state index contributed by atoms with van der Waals surface area (Å²) in [5.41, 5.74) is 3.32. The van der Waals surface area contributed by atoms with Crippen LogP contribution in [0.25, 0.3) is 10.9 Å². The number of para-hydroxylation sites is 1. The van der Waals surface area contributed by atoms with Crippen LogP contribution in [0, 0.1) is 25.2 Å². The van der Waals surface area contributed by atoms with Gasteiger partial charge in [0.2, 0.25) is 0 Å². The molecule has 0 saturated carbocycles. The molecule has 32 heavy (non-hydrogen) atoms. The number of thiazole rings is 1. The fourth-order valence-corrected chi connectivity index (χ4v) is 5.03. The van der Waals surface area contributed by atoms with Crippen LogP contribution in [-0.4, -0.2) is 26.1 Å². The van der Waals surface area contributed by atoms with Crippen molar-refractivity contribution in [3.8, 4) is 6.07 Å². The second kappa shape index (κ2) is 9.47. The molecule has 0 radical (unpaired) electrons. The lowest BCUT2D eigenvalue weighted by molar-refractivity contribution is -0.116. The summed E-state index contributed by atoms with van der Waals surface area (Å²) in [5.74, 6) is -1.15. The molecule has 2 heterocycles. The fraction of sp³-hybridized carbons (Fsp3) is 0.208. The van der Waals surface area contributed by atoms with Gasteiger partial charge in [0.1, 0.15) is 5.01 Å². The molecule has 0 aliphatic carbocycles. The molecule has 2 aromatic carbocycles. The van der Waals surface area contributed by atoms with E-state index in [1.54, 1.807) is 16.7 Å². The van der Waals surface area contributed by atoms with E-state index in [2.05, 4.69) is 16.0 Å². The number of hydrogen-bond acceptors (Lipinski definition) is 7. The summed E-state index contributed by atoms with van der Waals surface area (Å²) in [4.78, 5) is 35.0. The molecule has 0 amide bonds. The summed E-state index contributed by atoms with van der Waals surface area (Å²) in [6.45, 7) is 4.19. The molecule has 2 aromatic heterocycles. The second-order valence-electron chi connectivity index (χ2n) is 7.43. The lowest BCUT2D eigenvalue weighted by Crippen LogP contribution is -2.24. The van der Waals surface area contributed by atoms with Crippen LogP contribution in [0.3, 0.4) is 0 Å². The van der Waals surface area contributed by atoms with Crippen molar-refractivity contribution >= 4 is 39.8 Å². The van der Waals surface area contributed by atoms with Gasteiger partial charge in [0.25, 0.3) is 5.56 Å². The van der Waals surface area contributed by atoms with Crippen LogP contribution in [-0.2, 0) is 11.3 Å². The zero-order valence-electron chi connectivity index (χ0n) is 17.6. The minimum atomic E-state index is -0.918. The van der Waals surface area contributed by atoms with Gasteiger partial charge in [-0.15, -0.1) is 11.3 Å².